The summed E-state index contributed by atoms with van der Waals surface area (Å²) < 4.78 is 32.2. The van der Waals surface area contributed by atoms with Gasteiger partial charge in [-0.1, -0.05) is 6.07 Å². The average molecular weight is 391 g/mol. The highest BCUT2D eigenvalue weighted by atomic mass is 19.1. The minimum absolute atomic E-state index is 0.106. The quantitative estimate of drug-likeness (QED) is 0.828. The number of ether oxygens (including phenoxy) is 1. The Morgan fingerprint density at radius 2 is 2.18 bits per heavy atom. The molecule has 2 unspecified atom stereocenters. The maximum Gasteiger partial charge on any atom is 0.248 e. The number of rotatable bonds is 4. The number of carbonyl (C=O) groups is 2. The fraction of sp³-hybridized carbons (Fsp3) is 0.450. The minimum atomic E-state index is -0.731. The Balaban J connectivity index is 1.74. The van der Waals surface area contributed by atoms with Gasteiger partial charge in [0.15, 0.2) is 5.90 Å². The molecule has 2 amide bonds. The summed E-state index contributed by atoms with van der Waals surface area (Å²) in [4.78, 5) is 29.5. The summed E-state index contributed by atoms with van der Waals surface area (Å²) in [5.74, 6) is -1.50. The molecule has 1 aromatic carbocycles. The van der Waals surface area contributed by atoms with Gasteiger partial charge in [0.05, 0.1) is 31.7 Å². The summed E-state index contributed by atoms with van der Waals surface area (Å²) in [6, 6.07) is 2.18. The molecule has 0 aliphatic carbocycles. The fourth-order valence-electron chi connectivity index (χ4n) is 3.67. The van der Waals surface area contributed by atoms with Crippen LogP contribution in [0.4, 0.5) is 8.78 Å². The predicted octanol–water partition coefficient (Wildman–Crippen LogP) is 2.55. The van der Waals surface area contributed by atoms with Crippen LogP contribution in [0.25, 0.3) is 0 Å². The van der Waals surface area contributed by atoms with Crippen LogP contribution >= 0.6 is 0 Å². The van der Waals surface area contributed by atoms with Crippen molar-refractivity contribution >= 4 is 17.7 Å². The third kappa shape index (κ3) is 4.05. The van der Waals surface area contributed by atoms with E-state index in [0.29, 0.717) is 17.9 Å². The molecular weight excluding hydrogens is 368 g/mol. The Bertz CT molecular complexity index is 866. The highest BCUT2D eigenvalue weighted by Gasteiger charge is 2.36. The smallest absolute Gasteiger partial charge is 0.248 e. The van der Waals surface area contributed by atoms with Gasteiger partial charge in [-0.2, -0.15) is 0 Å². The van der Waals surface area contributed by atoms with Crippen molar-refractivity contribution in [1.82, 2.24) is 10.6 Å². The molecule has 0 saturated heterocycles. The predicted molar refractivity (Wildman–Crippen MR) is 99.6 cm³/mol. The summed E-state index contributed by atoms with van der Waals surface area (Å²) in [6.07, 6.45) is 1.23. The first kappa shape index (κ1) is 20.0. The van der Waals surface area contributed by atoms with Crippen LogP contribution in [0.1, 0.15) is 44.7 Å². The Labute approximate surface area is 162 Å². The molecule has 6 nitrogen and oxygen atoms in total. The number of fused-ring (bicyclic) bond motifs is 1. The summed E-state index contributed by atoms with van der Waals surface area (Å²) >= 11 is 0. The molecule has 150 valence electrons. The van der Waals surface area contributed by atoms with E-state index < -0.39 is 23.6 Å². The van der Waals surface area contributed by atoms with Gasteiger partial charge in [0, 0.05) is 23.6 Å². The highest BCUT2D eigenvalue weighted by Crippen LogP contribution is 2.29. The van der Waals surface area contributed by atoms with E-state index in [1.807, 2.05) is 0 Å². The Morgan fingerprint density at radius 3 is 2.86 bits per heavy atom. The molecule has 2 N–H and O–H groups in total. The summed E-state index contributed by atoms with van der Waals surface area (Å²) in [6.45, 7) is 3.40. The van der Waals surface area contributed by atoms with Crippen molar-refractivity contribution in [2.45, 2.75) is 51.2 Å². The van der Waals surface area contributed by atoms with Crippen LogP contribution in [0.15, 0.2) is 34.3 Å². The fourth-order valence-corrected chi connectivity index (χ4v) is 3.67. The number of methoxy groups -OCH3 is 1. The van der Waals surface area contributed by atoms with Gasteiger partial charge in [-0.25, -0.2) is 13.8 Å². The molecule has 2 aliphatic rings. The van der Waals surface area contributed by atoms with E-state index in [4.69, 9.17) is 4.74 Å². The van der Waals surface area contributed by atoms with Gasteiger partial charge in [0.1, 0.15) is 11.6 Å². The van der Waals surface area contributed by atoms with E-state index in [1.165, 1.54) is 6.07 Å². The van der Waals surface area contributed by atoms with Crippen LogP contribution in [-0.4, -0.2) is 36.9 Å². The topological polar surface area (TPSA) is 79.8 Å². The van der Waals surface area contributed by atoms with Gasteiger partial charge in [-0.15, -0.1) is 0 Å². The zero-order valence-electron chi connectivity index (χ0n) is 16.0. The average Bonchev–Trinajstić information content (AvgIpc) is 2.64. The Hall–Kier alpha value is -2.77. The molecule has 3 atom stereocenters. The first-order chi connectivity index (χ1) is 13.3. The molecule has 2 aliphatic heterocycles. The lowest BCUT2D eigenvalue weighted by Crippen LogP contribution is -2.51. The van der Waals surface area contributed by atoms with E-state index in [0.717, 1.165) is 24.1 Å². The standard InChI is InChI=1S/C20H23F2N3O3/c1-10-14(20(27)24-16-6-7-18(28-3)25-19(10)16)9-17(26)23-11(2)13-5-4-12(21)8-15(13)22/h4-5,8,11,16,19H,6-7,9H2,1-3H3,(H,23,26)(H,24,27)/t11-,16?,19?/m0/s1. The van der Waals surface area contributed by atoms with Gasteiger partial charge >= 0.3 is 0 Å². The van der Waals surface area contributed by atoms with Crippen molar-refractivity contribution in [1.29, 1.82) is 0 Å². The van der Waals surface area contributed by atoms with Crippen LogP contribution in [0.3, 0.4) is 0 Å². The number of hydrogen-bond donors (Lipinski definition) is 2. The van der Waals surface area contributed by atoms with Gasteiger partial charge in [0.2, 0.25) is 11.8 Å². The molecule has 28 heavy (non-hydrogen) atoms. The number of benzene rings is 1. The minimum Gasteiger partial charge on any atom is -0.484 e. The maximum absolute atomic E-state index is 13.9. The largest absolute Gasteiger partial charge is 0.484 e. The summed E-state index contributed by atoms with van der Waals surface area (Å²) in [5.41, 5.74) is 1.26. The maximum atomic E-state index is 13.9. The molecule has 0 fully saturated rings. The van der Waals surface area contributed by atoms with Crippen LogP contribution < -0.4 is 10.6 Å². The van der Waals surface area contributed by atoms with E-state index in [9.17, 15) is 18.4 Å². The molecule has 0 aromatic heterocycles. The van der Waals surface area contributed by atoms with Gasteiger partial charge in [-0.3, -0.25) is 9.59 Å². The second-order valence-corrected chi connectivity index (χ2v) is 7.08. The van der Waals surface area contributed by atoms with Gasteiger partial charge < -0.3 is 15.4 Å². The SMILES string of the molecule is COC1=NC2C(C)=C(CC(=O)N[C@@H](C)c3ccc(F)cc3F)C(=O)NC2CC1. The number of carbonyl (C=O) groups excluding carboxylic acids is 2. The number of amides is 2. The normalized spacial score (nSPS) is 22.8. The van der Waals surface area contributed by atoms with Crippen molar-refractivity contribution in [3.63, 3.8) is 0 Å². The third-order valence-corrected chi connectivity index (χ3v) is 5.22. The van der Waals surface area contributed by atoms with Crippen LogP contribution in [0, 0.1) is 11.6 Å². The monoisotopic (exact) mass is 391 g/mol. The molecule has 1 aromatic rings. The second-order valence-electron chi connectivity index (χ2n) is 7.08. The second kappa shape index (κ2) is 8.08. The van der Waals surface area contributed by atoms with Crippen LogP contribution in [0.5, 0.6) is 0 Å². The third-order valence-electron chi connectivity index (χ3n) is 5.22. The molecule has 8 heteroatoms. The molecule has 2 heterocycles. The first-order valence-corrected chi connectivity index (χ1v) is 9.15. The molecule has 0 spiro atoms. The molecule has 0 saturated carbocycles. The van der Waals surface area contributed by atoms with Crippen molar-refractivity contribution in [2.24, 2.45) is 4.99 Å². The number of halogens is 2. The molecular formula is C20H23F2N3O3. The zero-order valence-corrected chi connectivity index (χ0v) is 16.0. The zero-order chi connectivity index (χ0) is 20.4. The van der Waals surface area contributed by atoms with Crippen molar-refractivity contribution < 1.29 is 23.1 Å². The van der Waals surface area contributed by atoms with Gasteiger partial charge in [0.25, 0.3) is 0 Å². The highest BCUT2D eigenvalue weighted by molar-refractivity contribution is 6.01. The number of nitrogens with one attached hydrogen (secondary N) is 2. The van der Waals surface area contributed by atoms with Crippen molar-refractivity contribution in [3.05, 3.63) is 46.5 Å². The van der Waals surface area contributed by atoms with Crippen LogP contribution in [0.2, 0.25) is 0 Å². The summed E-state index contributed by atoms with van der Waals surface area (Å²) in [5, 5.41) is 5.57. The van der Waals surface area contributed by atoms with Crippen LogP contribution in [-0.2, 0) is 14.3 Å². The lowest BCUT2D eigenvalue weighted by atomic mass is 9.86. The Morgan fingerprint density at radius 1 is 1.43 bits per heavy atom. The van der Waals surface area contributed by atoms with E-state index in [-0.39, 0.29) is 30.0 Å². The summed E-state index contributed by atoms with van der Waals surface area (Å²) in [7, 11) is 1.56. The Kier molecular flexibility index (Phi) is 5.76. The molecule has 3 rings (SSSR count). The molecule has 0 radical (unpaired) electrons. The first-order valence-electron chi connectivity index (χ1n) is 9.15. The lowest BCUT2D eigenvalue weighted by Gasteiger charge is -2.35. The lowest BCUT2D eigenvalue weighted by molar-refractivity contribution is -0.124. The van der Waals surface area contributed by atoms with Crippen molar-refractivity contribution in [3.8, 4) is 0 Å². The van der Waals surface area contributed by atoms with Crippen molar-refractivity contribution in [2.75, 3.05) is 7.11 Å². The van der Waals surface area contributed by atoms with Gasteiger partial charge in [-0.05, 0) is 31.9 Å². The van der Waals surface area contributed by atoms with E-state index in [2.05, 4.69) is 15.6 Å². The number of hydrogen-bond acceptors (Lipinski definition) is 4. The number of aliphatic imine (C=N–C) groups is 1. The number of nitrogens with zero attached hydrogens (tertiary/aromatic N) is 1. The molecule has 0 bridgehead atoms. The van der Waals surface area contributed by atoms with E-state index >= 15 is 0 Å². The van der Waals surface area contributed by atoms with E-state index in [1.54, 1.807) is 21.0 Å².